The first kappa shape index (κ1) is 15.8. The van der Waals surface area contributed by atoms with Crippen LogP contribution in [-0.4, -0.2) is 36.5 Å². The minimum atomic E-state index is -3.49. The van der Waals surface area contributed by atoms with Crippen molar-refractivity contribution in [1.29, 1.82) is 0 Å². The molecule has 116 valence electrons. The molecule has 1 aliphatic heterocycles. The molecule has 1 aromatic carbocycles. The van der Waals surface area contributed by atoms with Gasteiger partial charge >= 0.3 is 0 Å². The normalized spacial score (nSPS) is 19.2. The molecule has 0 spiro atoms. The molecule has 0 radical (unpaired) electrons. The summed E-state index contributed by atoms with van der Waals surface area (Å²) in [5.74, 6) is 0.337. The lowest BCUT2D eigenvalue weighted by molar-refractivity contribution is -0.132. The maximum Gasteiger partial charge on any atom is 0.258 e. The van der Waals surface area contributed by atoms with E-state index in [1.165, 1.54) is 13.8 Å². The van der Waals surface area contributed by atoms with Crippen LogP contribution in [0.5, 0.6) is 5.75 Å². The van der Waals surface area contributed by atoms with Gasteiger partial charge in [0, 0.05) is 19.5 Å². The van der Waals surface area contributed by atoms with Crippen LogP contribution in [0, 0.1) is 0 Å². The number of hydrogen-bond acceptors (Lipinski definition) is 5. The minimum Gasteiger partial charge on any atom is -0.494 e. The summed E-state index contributed by atoms with van der Waals surface area (Å²) < 4.78 is 28.9. The van der Waals surface area contributed by atoms with Gasteiger partial charge in [-0.2, -0.15) is 0 Å². The van der Waals surface area contributed by atoms with E-state index in [4.69, 9.17) is 10.5 Å². The molecule has 2 N–H and O–H groups in total. The van der Waals surface area contributed by atoms with Crippen molar-refractivity contribution in [2.75, 3.05) is 13.2 Å². The van der Waals surface area contributed by atoms with E-state index in [-0.39, 0.29) is 12.5 Å². The van der Waals surface area contributed by atoms with E-state index in [1.54, 1.807) is 0 Å². The molecule has 0 aromatic heterocycles. The zero-order valence-corrected chi connectivity index (χ0v) is 13.0. The molecule has 1 aliphatic rings. The zero-order chi connectivity index (χ0) is 15.7. The summed E-state index contributed by atoms with van der Waals surface area (Å²) >= 11 is 0. The fourth-order valence-corrected chi connectivity index (χ4v) is 3.70. The van der Waals surface area contributed by atoms with E-state index in [1.807, 2.05) is 24.3 Å². The molecule has 1 aromatic rings. The van der Waals surface area contributed by atoms with Gasteiger partial charge in [0.1, 0.15) is 5.75 Å². The number of nitrogens with two attached hydrogens (primary N) is 1. The Labute approximate surface area is 124 Å². The largest absolute Gasteiger partial charge is 0.494 e. The van der Waals surface area contributed by atoms with Crippen molar-refractivity contribution >= 4 is 15.9 Å². The molecule has 1 heterocycles. The number of nitrogens with zero attached hydrogens (tertiary/aromatic N) is 1. The van der Waals surface area contributed by atoms with Crippen LogP contribution in [0.4, 0.5) is 0 Å². The van der Waals surface area contributed by atoms with Crippen molar-refractivity contribution in [1.82, 2.24) is 4.31 Å². The summed E-state index contributed by atoms with van der Waals surface area (Å²) in [6.07, 6.45) is 0.452. The van der Waals surface area contributed by atoms with Crippen molar-refractivity contribution in [2.24, 2.45) is 5.73 Å². The van der Waals surface area contributed by atoms with Crippen LogP contribution >= 0.6 is 0 Å². The quantitative estimate of drug-likeness (QED) is 0.787. The zero-order valence-electron chi connectivity index (χ0n) is 12.2. The number of carbonyl (C=O) groups excluding carboxylic acids is 1. The van der Waals surface area contributed by atoms with E-state index >= 15 is 0 Å². The van der Waals surface area contributed by atoms with Crippen LogP contribution in [0.25, 0.3) is 0 Å². The molecule has 0 atom stereocenters. The second kappa shape index (κ2) is 5.65. The van der Waals surface area contributed by atoms with E-state index in [0.29, 0.717) is 25.3 Å². The molecule has 1 saturated heterocycles. The summed E-state index contributed by atoms with van der Waals surface area (Å²) in [7, 11) is -3.49. The van der Waals surface area contributed by atoms with Gasteiger partial charge in [-0.05, 0) is 31.5 Å². The Morgan fingerprint density at radius 1 is 1.33 bits per heavy atom. The average Bonchev–Trinajstić information content (AvgIpc) is 2.46. The molecule has 21 heavy (non-hydrogen) atoms. The van der Waals surface area contributed by atoms with Gasteiger partial charge in [0.15, 0.2) is 4.75 Å². The predicted octanol–water partition coefficient (Wildman–Crippen LogP) is 0.865. The molecule has 7 heteroatoms. The molecule has 0 aliphatic carbocycles. The van der Waals surface area contributed by atoms with Crippen LogP contribution in [0.2, 0.25) is 0 Å². The first-order valence-electron chi connectivity index (χ1n) is 6.79. The molecule has 1 fully saturated rings. The van der Waals surface area contributed by atoms with Gasteiger partial charge < -0.3 is 10.5 Å². The second-order valence-corrected chi connectivity index (χ2v) is 7.86. The van der Waals surface area contributed by atoms with Gasteiger partial charge in [0.2, 0.25) is 0 Å². The van der Waals surface area contributed by atoms with Crippen molar-refractivity contribution in [3.8, 4) is 5.75 Å². The fourth-order valence-electron chi connectivity index (χ4n) is 2.14. The van der Waals surface area contributed by atoms with E-state index in [0.717, 1.165) is 9.87 Å². The third-order valence-corrected chi connectivity index (χ3v) is 5.98. The van der Waals surface area contributed by atoms with Gasteiger partial charge in [0.05, 0.1) is 6.61 Å². The third-order valence-electron chi connectivity index (χ3n) is 3.59. The number of rotatable bonds is 6. The monoisotopic (exact) mass is 312 g/mol. The van der Waals surface area contributed by atoms with Gasteiger partial charge in [-0.25, -0.2) is 12.7 Å². The lowest BCUT2D eigenvalue weighted by Gasteiger charge is -2.43. The highest BCUT2D eigenvalue weighted by Gasteiger charge is 2.59. The van der Waals surface area contributed by atoms with Crippen molar-refractivity contribution < 1.29 is 17.9 Å². The van der Waals surface area contributed by atoms with Crippen molar-refractivity contribution in [3.63, 3.8) is 0 Å². The van der Waals surface area contributed by atoms with Crippen LogP contribution in [0.1, 0.15) is 25.8 Å². The molecule has 0 bridgehead atoms. The van der Waals surface area contributed by atoms with Crippen LogP contribution in [0.15, 0.2) is 24.3 Å². The van der Waals surface area contributed by atoms with Gasteiger partial charge in [-0.3, -0.25) is 4.79 Å². The number of benzene rings is 1. The molecule has 0 saturated carbocycles. The second-order valence-electron chi connectivity index (χ2n) is 5.45. The average molecular weight is 312 g/mol. The number of sulfonamides is 1. The van der Waals surface area contributed by atoms with Gasteiger partial charge in [-0.15, -0.1) is 0 Å². The summed E-state index contributed by atoms with van der Waals surface area (Å²) in [5.41, 5.74) is 6.51. The Hall–Kier alpha value is -1.60. The van der Waals surface area contributed by atoms with E-state index in [2.05, 4.69) is 0 Å². The van der Waals surface area contributed by atoms with E-state index < -0.39 is 14.8 Å². The maximum absolute atomic E-state index is 11.9. The fraction of sp³-hybridized carbons (Fsp3) is 0.500. The Morgan fingerprint density at radius 3 is 2.67 bits per heavy atom. The number of amides is 1. The van der Waals surface area contributed by atoms with Crippen LogP contribution in [0.3, 0.4) is 0 Å². The number of hydrogen-bond donors (Lipinski definition) is 1. The lowest BCUT2D eigenvalue weighted by Crippen LogP contribution is -2.67. The Balaban J connectivity index is 1.82. The smallest absolute Gasteiger partial charge is 0.258 e. The standard InChI is InChI=1S/C14H20N2O4S/c1-14(2)13(17)16(21(14,18)19)7-4-8-20-12-6-3-5-11(9-12)10-15/h3,5-6,9H,4,7-8,10,15H2,1-2H3. The van der Waals surface area contributed by atoms with Crippen molar-refractivity contribution in [3.05, 3.63) is 29.8 Å². The molecule has 2 rings (SSSR count). The summed E-state index contributed by atoms with van der Waals surface area (Å²) in [6.45, 7) is 3.79. The Morgan fingerprint density at radius 2 is 2.05 bits per heavy atom. The SMILES string of the molecule is CC1(C)C(=O)N(CCCOc2cccc(CN)c2)S1(=O)=O. The van der Waals surface area contributed by atoms with Crippen LogP contribution in [-0.2, 0) is 21.4 Å². The van der Waals surface area contributed by atoms with Gasteiger partial charge in [0.25, 0.3) is 15.9 Å². The first-order chi connectivity index (χ1) is 9.80. The number of carbonyl (C=O) groups is 1. The molecule has 0 unspecified atom stereocenters. The van der Waals surface area contributed by atoms with Crippen LogP contribution < -0.4 is 10.5 Å². The van der Waals surface area contributed by atoms with Gasteiger partial charge in [-0.1, -0.05) is 12.1 Å². The molecule has 6 nitrogen and oxygen atoms in total. The van der Waals surface area contributed by atoms with E-state index in [9.17, 15) is 13.2 Å². The molecule has 1 amide bonds. The Bertz CT molecular complexity index is 640. The first-order valence-corrected chi connectivity index (χ1v) is 8.23. The highest BCUT2D eigenvalue weighted by Crippen LogP contribution is 2.34. The predicted molar refractivity (Wildman–Crippen MR) is 79.2 cm³/mol. The Kier molecular flexibility index (Phi) is 4.25. The third kappa shape index (κ3) is 2.75. The summed E-state index contributed by atoms with van der Waals surface area (Å²) in [6, 6.07) is 7.41. The highest BCUT2D eigenvalue weighted by molar-refractivity contribution is 7.94. The topological polar surface area (TPSA) is 89.7 Å². The molecular formula is C14H20N2O4S. The molecular weight excluding hydrogens is 292 g/mol. The summed E-state index contributed by atoms with van der Waals surface area (Å²) in [5, 5.41) is 0. The summed E-state index contributed by atoms with van der Waals surface area (Å²) in [4.78, 5) is 11.7. The van der Waals surface area contributed by atoms with Crippen molar-refractivity contribution in [2.45, 2.75) is 31.6 Å². The maximum atomic E-state index is 11.9. The number of ether oxygens (including phenoxy) is 1. The minimum absolute atomic E-state index is 0.154. The lowest BCUT2D eigenvalue weighted by atomic mass is 10.2. The highest BCUT2D eigenvalue weighted by atomic mass is 32.2.